The minimum Gasteiger partial charge on any atom is -0.459 e. The summed E-state index contributed by atoms with van der Waals surface area (Å²) in [5.41, 5.74) is 2.10. The molecule has 4 rings (SSSR count). The van der Waals surface area contributed by atoms with Crippen LogP contribution in [-0.2, 0) is 18.4 Å². The van der Waals surface area contributed by atoms with Crippen LogP contribution >= 0.6 is 0 Å². The third-order valence-electron chi connectivity index (χ3n) is 5.93. The zero-order valence-corrected chi connectivity index (χ0v) is 18.5. The van der Waals surface area contributed by atoms with Crippen molar-refractivity contribution in [2.24, 2.45) is 7.05 Å². The first-order valence-electron chi connectivity index (χ1n) is 10.7. The van der Waals surface area contributed by atoms with E-state index in [9.17, 15) is 9.59 Å². The van der Waals surface area contributed by atoms with E-state index in [1.165, 1.54) is 6.92 Å². The second kappa shape index (κ2) is 8.64. The van der Waals surface area contributed by atoms with Crippen LogP contribution < -0.4 is 10.9 Å². The fourth-order valence-electron chi connectivity index (χ4n) is 4.23. The molecule has 3 aromatic heterocycles. The minimum absolute atomic E-state index is 0.0891. The maximum absolute atomic E-state index is 12.8. The summed E-state index contributed by atoms with van der Waals surface area (Å²) in [4.78, 5) is 33.2. The van der Waals surface area contributed by atoms with E-state index in [1.54, 1.807) is 30.1 Å². The fraction of sp³-hybridized carbons (Fsp3) is 0.435. The lowest BCUT2D eigenvalue weighted by Gasteiger charge is -2.39. The topological polar surface area (TPSA) is 83.6 Å². The summed E-state index contributed by atoms with van der Waals surface area (Å²) < 4.78 is 7.81. The van der Waals surface area contributed by atoms with Crippen molar-refractivity contribution < 1.29 is 9.21 Å². The van der Waals surface area contributed by atoms with E-state index in [4.69, 9.17) is 4.42 Å². The molecular weight excluding hydrogens is 394 g/mol. The average molecular weight is 424 g/mol. The largest absolute Gasteiger partial charge is 0.459 e. The van der Waals surface area contributed by atoms with Crippen LogP contribution in [0.2, 0.25) is 0 Å². The van der Waals surface area contributed by atoms with Gasteiger partial charge in [-0.3, -0.25) is 14.5 Å². The molecule has 1 aliphatic heterocycles. The zero-order valence-electron chi connectivity index (χ0n) is 18.5. The van der Waals surface area contributed by atoms with E-state index in [0.717, 1.165) is 43.1 Å². The molecule has 0 aliphatic carbocycles. The number of likely N-dealkylation sites (N-methyl/N-ethyl adjacent to an activating group) is 1. The Morgan fingerprint density at radius 2 is 2.13 bits per heavy atom. The number of piperazine rings is 1. The smallest absolute Gasteiger partial charge is 0.261 e. The van der Waals surface area contributed by atoms with Crippen molar-refractivity contribution >= 4 is 22.7 Å². The van der Waals surface area contributed by atoms with Crippen molar-refractivity contribution in [1.82, 2.24) is 19.4 Å². The summed E-state index contributed by atoms with van der Waals surface area (Å²) in [6.45, 7) is 10.6. The summed E-state index contributed by atoms with van der Waals surface area (Å²) in [7, 11) is 1.74. The normalized spacial score (nSPS) is 17.9. The van der Waals surface area contributed by atoms with Crippen LogP contribution in [0, 0.1) is 0 Å². The van der Waals surface area contributed by atoms with Gasteiger partial charge >= 0.3 is 0 Å². The molecule has 1 aliphatic rings. The van der Waals surface area contributed by atoms with Gasteiger partial charge in [-0.2, -0.15) is 0 Å². The number of nitrogens with one attached hydrogen (secondary N) is 1. The molecule has 1 fully saturated rings. The highest BCUT2D eigenvalue weighted by Gasteiger charge is 2.24. The Balaban J connectivity index is 1.70. The van der Waals surface area contributed by atoms with Gasteiger partial charge in [-0.1, -0.05) is 6.92 Å². The number of carbonyl (C=O) groups is 1. The Morgan fingerprint density at radius 3 is 2.84 bits per heavy atom. The molecule has 1 N–H and O–H groups in total. The molecule has 4 heterocycles. The summed E-state index contributed by atoms with van der Waals surface area (Å²) in [5, 5.41) is 3.26. The van der Waals surface area contributed by atoms with Gasteiger partial charge in [0.2, 0.25) is 5.91 Å². The Kier molecular flexibility index (Phi) is 5.93. The number of amides is 1. The SMILES string of the molecule is CCN1CCN(Cc2cc3c(=O)n(C)cc(-c4ccnc(NC(C)=O)c4)c3o2)C(C)C1. The monoisotopic (exact) mass is 423 g/mol. The third-order valence-corrected chi connectivity index (χ3v) is 5.93. The van der Waals surface area contributed by atoms with Crippen molar-refractivity contribution in [1.29, 1.82) is 0 Å². The molecule has 1 saturated heterocycles. The van der Waals surface area contributed by atoms with Gasteiger partial charge in [-0.15, -0.1) is 0 Å². The van der Waals surface area contributed by atoms with E-state index in [1.807, 2.05) is 12.1 Å². The molecule has 0 radical (unpaired) electrons. The minimum atomic E-state index is -0.187. The highest BCUT2D eigenvalue weighted by atomic mass is 16.3. The summed E-state index contributed by atoms with van der Waals surface area (Å²) in [5.74, 6) is 1.06. The molecule has 3 aromatic rings. The Morgan fingerprint density at radius 1 is 1.32 bits per heavy atom. The molecule has 31 heavy (non-hydrogen) atoms. The van der Waals surface area contributed by atoms with Gasteiger partial charge in [0, 0.05) is 57.6 Å². The molecule has 0 bridgehead atoms. The fourth-order valence-corrected chi connectivity index (χ4v) is 4.23. The molecule has 8 heteroatoms. The lowest BCUT2D eigenvalue weighted by Crippen LogP contribution is -2.51. The predicted octanol–water partition coefficient (Wildman–Crippen LogP) is 2.68. The summed E-state index contributed by atoms with van der Waals surface area (Å²) in [6.07, 6.45) is 3.41. The van der Waals surface area contributed by atoms with E-state index >= 15 is 0 Å². The zero-order chi connectivity index (χ0) is 22.1. The van der Waals surface area contributed by atoms with Crippen molar-refractivity contribution in [3.8, 4) is 11.1 Å². The maximum Gasteiger partial charge on any atom is 0.261 e. The van der Waals surface area contributed by atoms with Gasteiger partial charge in [0.05, 0.1) is 11.9 Å². The van der Waals surface area contributed by atoms with Gasteiger partial charge in [0.25, 0.3) is 5.56 Å². The van der Waals surface area contributed by atoms with Gasteiger partial charge in [-0.25, -0.2) is 4.98 Å². The molecule has 0 saturated carbocycles. The van der Waals surface area contributed by atoms with Gasteiger partial charge < -0.3 is 19.2 Å². The number of nitrogens with zero attached hydrogens (tertiary/aromatic N) is 4. The van der Waals surface area contributed by atoms with Gasteiger partial charge in [0.15, 0.2) is 0 Å². The first-order valence-corrected chi connectivity index (χ1v) is 10.7. The standard InChI is InChI=1S/C23H29N5O3/c1-5-27-8-9-28(15(2)12-27)13-18-11-19-22(31-18)20(14-26(4)23(19)30)17-6-7-24-21(10-17)25-16(3)29/h6-7,10-11,14-15H,5,8-9,12-13H2,1-4H3,(H,24,25,29). The van der Waals surface area contributed by atoms with E-state index in [-0.39, 0.29) is 11.5 Å². The molecule has 8 nitrogen and oxygen atoms in total. The van der Waals surface area contributed by atoms with Crippen LogP contribution in [0.25, 0.3) is 22.1 Å². The highest BCUT2D eigenvalue weighted by Crippen LogP contribution is 2.30. The van der Waals surface area contributed by atoms with E-state index in [0.29, 0.717) is 29.4 Å². The number of carbonyl (C=O) groups excluding carboxylic acids is 1. The molecule has 1 unspecified atom stereocenters. The molecule has 0 aromatic carbocycles. The molecular formula is C23H29N5O3. The van der Waals surface area contributed by atoms with Crippen LogP contribution in [-0.4, -0.2) is 57.5 Å². The van der Waals surface area contributed by atoms with Crippen LogP contribution in [0.3, 0.4) is 0 Å². The summed E-state index contributed by atoms with van der Waals surface area (Å²) in [6, 6.07) is 5.92. The molecule has 0 spiro atoms. The lowest BCUT2D eigenvalue weighted by atomic mass is 10.1. The predicted molar refractivity (Wildman–Crippen MR) is 121 cm³/mol. The molecule has 1 atom stereocenters. The number of hydrogen-bond acceptors (Lipinski definition) is 6. The molecule has 164 valence electrons. The number of hydrogen-bond donors (Lipinski definition) is 1. The number of rotatable bonds is 5. The van der Waals surface area contributed by atoms with Crippen molar-refractivity contribution in [2.45, 2.75) is 33.4 Å². The molecule has 1 amide bonds. The van der Waals surface area contributed by atoms with E-state index < -0.39 is 0 Å². The first-order chi connectivity index (χ1) is 14.9. The summed E-state index contributed by atoms with van der Waals surface area (Å²) >= 11 is 0. The number of pyridine rings is 2. The van der Waals surface area contributed by atoms with Crippen LogP contribution in [0.1, 0.15) is 26.5 Å². The lowest BCUT2D eigenvalue weighted by molar-refractivity contribution is -0.114. The van der Waals surface area contributed by atoms with Crippen molar-refractivity contribution in [2.75, 3.05) is 31.5 Å². The Labute approximate surface area is 181 Å². The third kappa shape index (κ3) is 4.40. The second-order valence-corrected chi connectivity index (χ2v) is 8.24. The Bertz CT molecular complexity index is 1170. The van der Waals surface area contributed by atoms with Crippen molar-refractivity contribution in [3.63, 3.8) is 0 Å². The number of anilines is 1. The van der Waals surface area contributed by atoms with Crippen LogP contribution in [0.5, 0.6) is 0 Å². The first kappa shape index (κ1) is 21.3. The van der Waals surface area contributed by atoms with Crippen molar-refractivity contribution in [3.05, 3.63) is 46.7 Å². The number of fused-ring (bicyclic) bond motifs is 1. The Hall–Kier alpha value is -2.97. The van der Waals surface area contributed by atoms with Gasteiger partial charge in [0.1, 0.15) is 17.2 Å². The van der Waals surface area contributed by atoms with Crippen LogP contribution in [0.15, 0.2) is 39.8 Å². The number of aromatic nitrogens is 2. The number of aryl methyl sites for hydroxylation is 1. The van der Waals surface area contributed by atoms with Gasteiger partial charge in [-0.05, 0) is 37.2 Å². The number of furan rings is 1. The highest BCUT2D eigenvalue weighted by molar-refractivity contribution is 5.93. The van der Waals surface area contributed by atoms with E-state index in [2.05, 4.69) is 33.9 Å². The quantitative estimate of drug-likeness (QED) is 0.679. The average Bonchev–Trinajstić information content (AvgIpc) is 3.16. The van der Waals surface area contributed by atoms with Crippen LogP contribution in [0.4, 0.5) is 5.82 Å². The maximum atomic E-state index is 12.8. The second-order valence-electron chi connectivity index (χ2n) is 8.24.